The van der Waals surface area contributed by atoms with Crippen molar-refractivity contribution in [1.82, 2.24) is 25.3 Å². The van der Waals surface area contributed by atoms with Crippen LogP contribution in [0.3, 0.4) is 0 Å². The number of nitrogens with zero attached hydrogens (tertiary/aromatic N) is 6. The Morgan fingerprint density at radius 3 is 2.74 bits per heavy atom. The van der Waals surface area contributed by atoms with E-state index in [0.29, 0.717) is 34.7 Å². The number of anilines is 2. The summed E-state index contributed by atoms with van der Waals surface area (Å²) in [5.41, 5.74) is 3.58. The fraction of sp³-hybridized carbons (Fsp3) is 0.407. The first-order valence-electron chi connectivity index (χ1n) is 12.9. The van der Waals surface area contributed by atoms with Crippen LogP contribution in [-0.2, 0) is 4.74 Å². The summed E-state index contributed by atoms with van der Waals surface area (Å²) in [6.07, 6.45) is 8.43. The topological polar surface area (TPSA) is 138 Å². The van der Waals surface area contributed by atoms with E-state index in [1.165, 1.54) is 17.3 Å². The van der Waals surface area contributed by atoms with E-state index in [2.05, 4.69) is 36.9 Å². The maximum atomic E-state index is 13.2. The lowest BCUT2D eigenvalue weighted by atomic mass is 10.1. The molecular weight excluding hydrogens is 484 g/mol. The van der Waals surface area contributed by atoms with Gasteiger partial charge in [0.15, 0.2) is 5.69 Å². The lowest BCUT2D eigenvalue weighted by Gasteiger charge is -2.29. The van der Waals surface area contributed by atoms with Crippen LogP contribution in [0.1, 0.15) is 64.2 Å². The highest BCUT2D eigenvalue weighted by molar-refractivity contribution is 6.05. The molecule has 2 N–H and O–H groups in total. The Balaban J connectivity index is 1.30. The number of benzene rings is 1. The predicted molar refractivity (Wildman–Crippen MR) is 140 cm³/mol. The van der Waals surface area contributed by atoms with Crippen molar-refractivity contribution in [3.8, 4) is 11.8 Å². The van der Waals surface area contributed by atoms with Crippen LogP contribution in [-0.4, -0.2) is 64.1 Å². The van der Waals surface area contributed by atoms with E-state index in [1.807, 2.05) is 12.1 Å². The molecule has 5 rings (SSSR count). The van der Waals surface area contributed by atoms with E-state index in [4.69, 9.17) is 4.74 Å². The molecule has 2 fully saturated rings. The third kappa shape index (κ3) is 5.81. The molecule has 1 aromatic carbocycles. The van der Waals surface area contributed by atoms with Gasteiger partial charge in [-0.25, -0.2) is 4.68 Å². The third-order valence-corrected chi connectivity index (χ3v) is 6.84. The van der Waals surface area contributed by atoms with Gasteiger partial charge in [-0.15, -0.1) is 5.10 Å². The number of aromatic nitrogens is 4. The molecular formula is C27H30N8O3. The minimum absolute atomic E-state index is 0.0329. The van der Waals surface area contributed by atoms with Gasteiger partial charge in [0.05, 0.1) is 47.2 Å². The monoisotopic (exact) mass is 514 g/mol. The zero-order valence-electron chi connectivity index (χ0n) is 21.3. The summed E-state index contributed by atoms with van der Waals surface area (Å²) in [6, 6.07) is 9.12. The van der Waals surface area contributed by atoms with Crippen LogP contribution in [0.15, 0.2) is 36.7 Å². The van der Waals surface area contributed by atoms with Crippen LogP contribution in [0.2, 0.25) is 0 Å². The van der Waals surface area contributed by atoms with Gasteiger partial charge in [0.25, 0.3) is 11.8 Å². The van der Waals surface area contributed by atoms with Crippen molar-refractivity contribution in [2.45, 2.75) is 45.1 Å². The summed E-state index contributed by atoms with van der Waals surface area (Å²) in [5.74, 6) is -0.673. The number of hydrogen-bond acceptors (Lipinski definition) is 8. The average molecular weight is 515 g/mol. The number of nitrogens with one attached hydrogen (secondary N) is 2. The number of hydrogen-bond donors (Lipinski definition) is 2. The van der Waals surface area contributed by atoms with E-state index in [-0.39, 0.29) is 23.6 Å². The Labute approximate surface area is 220 Å². The molecule has 2 aliphatic rings. The smallest absolute Gasteiger partial charge is 0.273 e. The molecule has 1 atom stereocenters. The summed E-state index contributed by atoms with van der Waals surface area (Å²) in [5, 5.41) is 23.3. The molecule has 0 bridgehead atoms. The number of piperidine rings is 1. The number of carbonyl (C=O) groups excluding carboxylic acids is 2. The van der Waals surface area contributed by atoms with Gasteiger partial charge in [-0.2, -0.15) is 5.26 Å². The summed E-state index contributed by atoms with van der Waals surface area (Å²) in [7, 11) is 0. The van der Waals surface area contributed by atoms with Crippen LogP contribution in [0, 0.1) is 18.3 Å². The van der Waals surface area contributed by atoms with Crippen molar-refractivity contribution >= 4 is 23.2 Å². The van der Waals surface area contributed by atoms with Crippen molar-refractivity contribution in [2.75, 3.05) is 36.5 Å². The first-order chi connectivity index (χ1) is 18.5. The zero-order chi connectivity index (χ0) is 26.5. The molecule has 2 aliphatic heterocycles. The highest BCUT2D eigenvalue weighted by atomic mass is 16.5. The Morgan fingerprint density at radius 1 is 1.13 bits per heavy atom. The predicted octanol–water partition coefficient (Wildman–Crippen LogP) is 2.99. The van der Waals surface area contributed by atoms with Gasteiger partial charge >= 0.3 is 0 Å². The molecule has 38 heavy (non-hydrogen) atoms. The molecule has 11 heteroatoms. The second kappa shape index (κ2) is 11.4. The fourth-order valence-corrected chi connectivity index (χ4v) is 4.75. The van der Waals surface area contributed by atoms with E-state index < -0.39 is 0 Å². The SMILES string of the molecule is Cc1ncc(NC(=O)c2cc(C#N)cc(N3CCCCC3)c2)cc1-n1cc(C(=O)NCC2CCCO2)nn1. The highest BCUT2D eigenvalue weighted by Gasteiger charge is 2.19. The number of rotatable bonds is 7. The van der Waals surface area contributed by atoms with Crippen LogP contribution >= 0.6 is 0 Å². The molecule has 196 valence electrons. The number of nitriles is 1. The van der Waals surface area contributed by atoms with Crippen LogP contribution < -0.4 is 15.5 Å². The normalized spacial score (nSPS) is 17.2. The summed E-state index contributed by atoms with van der Waals surface area (Å²) in [6.45, 7) is 4.78. The minimum atomic E-state index is -0.343. The third-order valence-electron chi connectivity index (χ3n) is 6.84. The Kier molecular flexibility index (Phi) is 7.60. The molecule has 2 amide bonds. The van der Waals surface area contributed by atoms with Gasteiger partial charge in [-0.3, -0.25) is 14.6 Å². The molecule has 4 heterocycles. The van der Waals surface area contributed by atoms with Crippen LogP contribution in [0.5, 0.6) is 0 Å². The van der Waals surface area contributed by atoms with Gasteiger partial charge in [-0.05, 0) is 63.3 Å². The number of pyridine rings is 1. The molecule has 0 aliphatic carbocycles. The number of ether oxygens (including phenoxy) is 1. The van der Waals surface area contributed by atoms with Crippen molar-refractivity contribution in [3.05, 3.63) is 59.2 Å². The lowest BCUT2D eigenvalue weighted by Crippen LogP contribution is -2.31. The number of aryl methyl sites for hydroxylation is 1. The van der Waals surface area contributed by atoms with Gasteiger partial charge in [0, 0.05) is 37.5 Å². The summed E-state index contributed by atoms with van der Waals surface area (Å²) < 4.78 is 7.00. The Bertz CT molecular complexity index is 1370. The van der Waals surface area contributed by atoms with Crippen LogP contribution in [0.4, 0.5) is 11.4 Å². The molecule has 2 saturated heterocycles. The Morgan fingerprint density at radius 2 is 1.97 bits per heavy atom. The summed E-state index contributed by atoms with van der Waals surface area (Å²) >= 11 is 0. The number of carbonyl (C=O) groups is 2. The maximum absolute atomic E-state index is 13.2. The van der Waals surface area contributed by atoms with Gasteiger partial charge in [-0.1, -0.05) is 5.21 Å². The second-order valence-corrected chi connectivity index (χ2v) is 9.60. The second-order valence-electron chi connectivity index (χ2n) is 9.60. The molecule has 11 nitrogen and oxygen atoms in total. The van der Waals surface area contributed by atoms with Gasteiger partial charge in [0.1, 0.15) is 0 Å². The first-order valence-corrected chi connectivity index (χ1v) is 12.9. The first kappa shape index (κ1) is 25.4. The largest absolute Gasteiger partial charge is 0.376 e. The summed E-state index contributed by atoms with van der Waals surface area (Å²) in [4.78, 5) is 32.3. The standard InChI is InChI=1S/C27H30N8O3/c1-18-25(35-17-24(32-33-35)27(37)30-16-23-6-5-9-38-23)13-21(15-29-18)31-26(36)20-10-19(14-28)11-22(12-20)34-7-3-2-4-8-34/h10-13,15,17,23H,2-9,16H2,1H3,(H,30,37)(H,31,36). The van der Waals surface area contributed by atoms with Gasteiger partial charge < -0.3 is 20.3 Å². The van der Waals surface area contributed by atoms with E-state index >= 15 is 0 Å². The molecule has 3 aromatic rings. The maximum Gasteiger partial charge on any atom is 0.273 e. The lowest BCUT2D eigenvalue weighted by molar-refractivity contribution is 0.0853. The van der Waals surface area contributed by atoms with E-state index in [9.17, 15) is 14.9 Å². The average Bonchev–Trinajstić information content (AvgIpc) is 3.66. The highest BCUT2D eigenvalue weighted by Crippen LogP contribution is 2.24. The number of amides is 2. The molecule has 0 radical (unpaired) electrons. The fourth-order valence-electron chi connectivity index (χ4n) is 4.75. The molecule has 0 spiro atoms. The minimum Gasteiger partial charge on any atom is -0.376 e. The Hall–Kier alpha value is -4.30. The van der Waals surface area contributed by atoms with Crippen LogP contribution in [0.25, 0.3) is 5.69 Å². The van der Waals surface area contributed by atoms with E-state index in [1.54, 1.807) is 25.3 Å². The zero-order valence-corrected chi connectivity index (χ0v) is 21.3. The van der Waals surface area contributed by atoms with Crippen molar-refractivity contribution in [3.63, 3.8) is 0 Å². The van der Waals surface area contributed by atoms with Crippen molar-refractivity contribution < 1.29 is 14.3 Å². The molecule has 0 saturated carbocycles. The van der Waals surface area contributed by atoms with Crippen molar-refractivity contribution in [2.24, 2.45) is 0 Å². The van der Waals surface area contributed by atoms with Crippen molar-refractivity contribution in [1.29, 1.82) is 5.26 Å². The quantitative estimate of drug-likeness (QED) is 0.491. The van der Waals surface area contributed by atoms with E-state index in [0.717, 1.165) is 51.1 Å². The van der Waals surface area contributed by atoms with Gasteiger partial charge in [0.2, 0.25) is 0 Å². The molecule has 2 aromatic heterocycles. The molecule has 1 unspecified atom stereocenters.